The Hall–Kier alpha value is -0.120. The Bertz CT molecular complexity index is 252. The molecule has 0 radical (unpaired) electrons. The average molecular weight is 239 g/mol. The third-order valence-electron chi connectivity index (χ3n) is 4.98. The topological polar surface area (TPSA) is 32.5 Å². The predicted octanol–water partition coefficient (Wildman–Crippen LogP) is 1.67. The molecule has 3 nitrogen and oxygen atoms in total. The number of nitrogens with zero attached hydrogens (tertiary/aromatic N) is 2. The van der Waals surface area contributed by atoms with E-state index in [1.807, 2.05) is 0 Å². The molecular weight excluding hydrogens is 210 g/mol. The molecule has 2 fully saturated rings. The van der Waals surface area contributed by atoms with Gasteiger partial charge in [-0.1, -0.05) is 12.8 Å². The molecular formula is C14H29N3. The summed E-state index contributed by atoms with van der Waals surface area (Å²) in [6, 6.07) is 0. The fourth-order valence-corrected chi connectivity index (χ4v) is 3.66. The van der Waals surface area contributed by atoms with E-state index in [2.05, 4.69) is 30.9 Å². The van der Waals surface area contributed by atoms with Crippen molar-refractivity contribution in [2.75, 3.05) is 34.2 Å². The van der Waals surface area contributed by atoms with Crippen molar-refractivity contribution in [2.45, 2.75) is 56.0 Å². The van der Waals surface area contributed by atoms with E-state index < -0.39 is 0 Å². The molecule has 0 unspecified atom stereocenters. The molecule has 0 atom stereocenters. The Kier molecular flexibility index (Phi) is 3.81. The Morgan fingerprint density at radius 2 is 1.47 bits per heavy atom. The maximum absolute atomic E-state index is 6.46. The molecule has 100 valence electrons. The van der Waals surface area contributed by atoms with Crippen LogP contribution >= 0.6 is 0 Å². The molecule has 0 amide bonds. The van der Waals surface area contributed by atoms with Crippen molar-refractivity contribution in [2.24, 2.45) is 5.73 Å². The van der Waals surface area contributed by atoms with Crippen LogP contribution in [0.1, 0.15) is 44.9 Å². The van der Waals surface area contributed by atoms with E-state index in [9.17, 15) is 0 Å². The lowest BCUT2D eigenvalue weighted by Crippen LogP contribution is -2.59. The summed E-state index contributed by atoms with van der Waals surface area (Å²) >= 11 is 0. The third kappa shape index (κ3) is 2.83. The van der Waals surface area contributed by atoms with Crippen molar-refractivity contribution >= 4 is 0 Å². The highest BCUT2D eigenvalue weighted by molar-refractivity contribution is 4.99. The zero-order chi connectivity index (χ0) is 12.5. The maximum atomic E-state index is 6.46. The quantitative estimate of drug-likeness (QED) is 0.792. The summed E-state index contributed by atoms with van der Waals surface area (Å²) < 4.78 is 0. The highest BCUT2D eigenvalue weighted by atomic mass is 15.2. The second-order valence-electron chi connectivity index (χ2n) is 6.71. The number of hydrogen-bond donors (Lipinski definition) is 1. The molecule has 2 aliphatic carbocycles. The SMILES string of the molecule is CN(CC1(N)CCCC1)CC1(N(C)C)CCC1. The number of rotatable bonds is 5. The van der Waals surface area contributed by atoms with Crippen LogP contribution in [0.2, 0.25) is 0 Å². The van der Waals surface area contributed by atoms with Crippen LogP contribution in [0.5, 0.6) is 0 Å². The molecule has 0 saturated heterocycles. The van der Waals surface area contributed by atoms with Crippen molar-refractivity contribution in [3.63, 3.8) is 0 Å². The maximum Gasteiger partial charge on any atom is 0.0330 e. The second-order valence-corrected chi connectivity index (χ2v) is 6.71. The fraction of sp³-hybridized carbons (Fsp3) is 1.00. The minimum atomic E-state index is 0.103. The Balaban J connectivity index is 1.86. The van der Waals surface area contributed by atoms with Gasteiger partial charge in [0.05, 0.1) is 0 Å². The number of hydrogen-bond acceptors (Lipinski definition) is 3. The molecule has 2 saturated carbocycles. The van der Waals surface area contributed by atoms with Gasteiger partial charge in [-0.2, -0.15) is 0 Å². The minimum Gasteiger partial charge on any atom is -0.324 e. The first-order valence-corrected chi connectivity index (χ1v) is 7.11. The van der Waals surface area contributed by atoms with Gasteiger partial charge in [-0.25, -0.2) is 0 Å². The van der Waals surface area contributed by atoms with Gasteiger partial charge in [0.15, 0.2) is 0 Å². The lowest BCUT2D eigenvalue weighted by atomic mass is 9.75. The summed E-state index contributed by atoms with van der Waals surface area (Å²) in [5, 5.41) is 0. The average Bonchev–Trinajstić information content (AvgIpc) is 2.57. The molecule has 0 spiro atoms. The van der Waals surface area contributed by atoms with Gasteiger partial charge < -0.3 is 15.5 Å². The second kappa shape index (κ2) is 4.87. The zero-order valence-electron chi connectivity index (χ0n) is 11.8. The summed E-state index contributed by atoms with van der Waals surface area (Å²) in [5.74, 6) is 0. The summed E-state index contributed by atoms with van der Waals surface area (Å²) in [7, 11) is 6.69. The normalized spacial score (nSPS) is 26.5. The molecule has 2 N–H and O–H groups in total. The van der Waals surface area contributed by atoms with E-state index in [-0.39, 0.29) is 5.54 Å². The van der Waals surface area contributed by atoms with Crippen molar-refractivity contribution < 1.29 is 0 Å². The Labute approximate surface area is 106 Å². The van der Waals surface area contributed by atoms with Crippen molar-refractivity contribution in [3.8, 4) is 0 Å². The Morgan fingerprint density at radius 1 is 0.882 bits per heavy atom. The van der Waals surface area contributed by atoms with E-state index >= 15 is 0 Å². The van der Waals surface area contributed by atoms with Crippen LogP contribution in [0.3, 0.4) is 0 Å². The monoisotopic (exact) mass is 239 g/mol. The van der Waals surface area contributed by atoms with Crippen molar-refractivity contribution in [3.05, 3.63) is 0 Å². The first-order chi connectivity index (χ1) is 7.96. The minimum absolute atomic E-state index is 0.103. The largest absolute Gasteiger partial charge is 0.324 e. The van der Waals surface area contributed by atoms with Gasteiger partial charge >= 0.3 is 0 Å². The van der Waals surface area contributed by atoms with E-state index in [0.29, 0.717) is 5.54 Å². The van der Waals surface area contributed by atoms with Crippen LogP contribution in [0.4, 0.5) is 0 Å². The van der Waals surface area contributed by atoms with E-state index in [4.69, 9.17) is 5.73 Å². The first-order valence-electron chi connectivity index (χ1n) is 7.11. The molecule has 0 heterocycles. The zero-order valence-corrected chi connectivity index (χ0v) is 11.8. The van der Waals surface area contributed by atoms with Crippen LogP contribution < -0.4 is 5.73 Å². The van der Waals surface area contributed by atoms with Gasteiger partial charge in [-0.3, -0.25) is 0 Å². The van der Waals surface area contributed by atoms with E-state index in [0.717, 1.165) is 6.54 Å². The molecule has 2 aliphatic rings. The van der Waals surface area contributed by atoms with Crippen LogP contribution in [-0.2, 0) is 0 Å². The van der Waals surface area contributed by atoms with Gasteiger partial charge in [0, 0.05) is 24.2 Å². The van der Waals surface area contributed by atoms with Gasteiger partial charge in [-0.15, -0.1) is 0 Å². The van der Waals surface area contributed by atoms with E-state index in [1.165, 1.54) is 51.5 Å². The van der Waals surface area contributed by atoms with Gasteiger partial charge in [0.25, 0.3) is 0 Å². The van der Waals surface area contributed by atoms with Crippen molar-refractivity contribution in [1.29, 1.82) is 0 Å². The third-order valence-corrected chi connectivity index (χ3v) is 4.98. The lowest BCUT2D eigenvalue weighted by molar-refractivity contribution is 0.0226. The first kappa shape index (κ1) is 13.3. The molecule has 2 rings (SSSR count). The smallest absolute Gasteiger partial charge is 0.0330 e. The predicted molar refractivity (Wildman–Crippen MR) is 73.2 cm³/mol. The van der Waals surface area contributed by atoms with E-state index in [1.54, 1.807) is 0 Å². The summed E-state index contributed by atoms with van der Waals surface area (Å²) in [6.45, 7) is 2.25. The fourth-order valence-electron chi connectivity index (χ4n) is 3.66. The van der Waals surface area contributed by atoms with Crippen LogP contribution in [0.25, 0.3) is 0 Å². The standard InChI is InChI=1S/C14H29N3/c1-16(2)14(9-6-10-14)12-17(3)11-13(15)7-4-5-8-13/h4-12,15H2,1-3H3. The number of likely N-dealkylation sites (N-methyl/N-ethyl adjacent to an activating group) is 2. The van der Waals surface area contributed by atoms with Crippen LogP contribution in [0, 0.1) is 0 Å². The van der Waals surface area contributed by atoms with Gasteiger partial charge in [-0.05, 0) is 53.2 Å². The highest BCUT2D eigenvalue weighted by Gasteiger charge is 2.41. The van der Waals surface area contributed by atoms with Gasteiger partial charge in [0.2, 0.25) is 0 Å². The molecule has 0 aromatic heterocycles. The van der Waals surface area contributed by atoms with Gasteiger partial charge in [0.1, 0.15) is 0 Å². The molecule has 3 heteroatoms. The molecule has 17 heavy (non-hydrogen) atoms. The van der Waals surface area contributed by atoms with Crippen LogP contribution in [-0.4, -0.2) is 55.1 Å². The summed E-state index contributed by atoms with van der Waals surface area (Å²) in [5.41, 5.74) is 7.00. The summed E-state index contributed by atoms with van der Waals surface area (Å²) in [6.07, 6.45) is 9.16. The Morgan fingerprint density at radius 3 is 1.88 bits per heavy atom. The molecule has 0 aromatic carbocycles. The molecule has 0 aliphatic heterocycles. The lowest BCUT2D eigenvalue weighted by Gasteiger charge is -2.50. The van der Waals surface area contributed by atoms with Crippen LogP contribution in [0.15, 0.2) is 0 Å². The molecule has 0 bridgehead atoms. The molecule has 0 aromatic rings. The highest BCUT2D eigenvalue weighted by Crippen LogP contribution is 2.37. The summed E-state index contributed by atoms with van der Waals surface area (Å²) in [4.78, 5) is 4.90. The number of nitrogens with two attached hydrogens (primary N) is 1. The van der Waals surface area contributed by atoms with Crippen molar-refractivity contribution in [1.82, 2.24) is 9.80 Å².